The van der Waals surface area contributed by atoms with Crippen LogP contribution in [0.25, 0.3) is 0 Å². The van der Waals surface area contributed by atoms with Crippen molar-refractivity contribution < 1.29 is 14.3 Å². The third-order valence-electron chi connectivity index (χ3n) is 3.38. The fraction of sp³-hybridized carbons (Fsp3) is 0.312. The maximum absolute atomic E-state index is 12.3. The molecule has 24 heavy (non-hydrogen) atoms. The summed E-state index contributed by atoms with van der Waals surface area (Å²) in [5, 5.41) is 3.08. The highest BCUT2D eigenvalue weighted by atomic mass is 32.2. The molecule has 0 spiro atoms. The summed E-state index contributed by atoms with van der Waals surface area (Å²) < 4.78 is 5.08. The normalized spacial score (nSPS) is 15.0. The van der Waals surface area contributed by atoms with Crippen LogP contribution in [0.5, 0.6) is 0 Å². The first kappa shape index (κ1) is 17.3. The van der Waals surface area contributed by atoms with E-state index in [0.717, 1.165) is 11.3 Å². The molecule has 8 heteroatoms. The molecule has 1 fully saturated rings. The SMILES string of the molecule is COC(=O)c1cnc(NC(=O)c2ccc(C3SCCCS3)cc2)s1. The first-order chi connectivity index (χ1) is 11.7. The number of thiazole rings is 1. The second-order valence-electron chi connectivity index (χ2n) is 5.02. The summed E-state index contributed by atoms with van der Waals surface area (Å²) in [6.07, 6.45) is 2.65. The van der Waals surface area contributed by atoms with Crippen LogP contribution in [0.4, 0.5) is 5.13 Å². The van der Waals surface area contributed by atoms with E-state index >= 15 is 0 Å². The number of aromatic nitrogens is 1. The number of hydrogen-bond acceptors (Lipinski definition) is 7. The average molecular weight is 381 g/mol. The predicted octanol–water partition coefficient (Wildman–Crippen LogP) is 4.05. The van der Waals surface area contributed by atoms with Gasteiger partial charge in [-0.05, 0) is 35.6 Å². The summed E-state index contributed by atoms with van der Waals surface area (Å²) in [6, 6.07) is 7.67. The largest absolute Gasteiger partial charge is 0.465 e. The van der Waals surface area contributed by atoms with Gasteiger partial charge in [0.15, 0.2) is 5.13 Å². The van der Waals surface area contributed by atoms with Crippen LogP contribution >= 0.6 is 34.9 Å². The van der Waals surface area contributed by atoms with E-state index in [9.17, 15) is 9.59 Å². The molecule has 0 bridgehead atoms. The second kappa shape index (κ2) is 8.04. The summed E-state index contributed by atoms with van der Waals surface area (Å²) in [6.45, 7) is 0. The number of amides is 1. The van der Waals surface area contributed by atoms with Crippen LogP contribution in [0, 0.1) is 0 Å². The number of hydrogen-bond donors (Lipinski definition) is 1. The number of nitrogens with one attached hydrogen (secondary N) is 1. The zero-order chi connectivity index (χ0) is 16.9. The van der Waals surface area contributed by atoms with Gasteiger partial charge >= 0.3 is 5.97 Å². The summed E-state index contributed by atoms with van der Waals surface area (Å²) in [7, 11) is 1.31. The summed E-state index contributed by atoms with van der Waals surface area (Å²) >= 11 is 4.99. The first-order valence-corrected chi connectivity index (χ1v) is 10.3. The van der Waals surface area contributed by atoms with Gasteiger partial charge < -0.3 is 4.74 Å². The molecule has 1 amide bonds. The number of esters is 1. The first-order valence-electron chi connectivity index (χ1n) is 7.36. The number of rotatable bonds is 4. The van der Waals surface area contributed by atoms with Crippen molar-refractivity contribution in [3.63, 3.8) is 0 Å². The molecule has 1 aromatic carbocycles. The molecule has 0 atom stereocenters. The van der Waals surface area contributed by atoms with E-state index in [1.807, 2.05) is 47.8 Å². The number of carbonyl (C=O) groups excluding carboxylic acids is 2. The van der Waals surface area contributed by atoms with E-state index in [-0.39, 0.29) is 5.91 Å². The number of carbonyl (C=O) groups is 2. The number of anilines is 1. The number of benzene rings is 1. The fourth-order valence-corrected chi connectivity index (χ4v) is 5.79. The topological polar surface area (TPSA) is 68.3 Å². The molecule has 0 saturated carbocycles. The lowest BCUT2D eigenvalue weighted by molar-refractivity contribution is 0.0606. The zero-order valence-corrected chi connectivity index (χ0v) is 15.4. The molecular formula is C16H16N2O3S3. The summed E-state index contributed by atoms with van der Waals surface area (Å²) in [5.41, 5.74) is 1.81. The van der Waals surface area contributed by atoms with Crippen LogP contribution < -0.4 is 5.32 Å². The van der Waals surface area contributed by atoms with E-state index in [4.69, 9.17) is 0 Å². The van der Waals surface area contributed by atoms with Crippen LogP contribution in [0.3, 0.4) is 0 Å². The zero-order valence-electron chi connectivity index (χ0n) is 13.0. The molecule has 0 radical (unpaired) electrons. The van der Waals surface area contributed by atoms with Crippen LogP contribution in [0.1, 0.15) is 36.6 Å². The van der Waals surface area contributed by atoms with Crippen molar-refractivity contribution in [3.05, 3.63) is 46.5 Å². The van der Waals surface area contributed by atoms with E-state index in [1.54, 1.807) is 0 Å². The molecular weight excluding hydrogens is 364 g/mol. The van der Waals surface area contributed by atoms with Gasteiger partial charge in [0.2, 0.25) is 0 Å². The smallest absolute Gasteiger partial charge is 0.349 e. The quantitative estimate of drug-likeness (QED) is 0.807. The van der Waals surface area contributed by atoms with E-state index in [0.29, 0.717) is 20.2 Å². The predicted molar refractivity (Wildman–Crippen MR) is 100 cm³/mol. The van der Waals surface area contributed by atoms with Gasteiger partial charge in [-0.3, -0.25) is 10.1 Å². The van der Waals surface area contributed by atoms with Gasteiger partial charge in [-0.25, -0.2) is 9.78 Å². The Balaban J connectivity index is 1.64. The van der Waals surface area contributed by atoms with E-state index in [1.165, 1.54) is 36.8 Å². The Bertz CT molecular complexity index is 724. The van der Waals surface area contributed by atoms with Crippen molar-refractivity contribution in [2.24, 2.45) is 0 Å². The number of ether oxygens (including phenoxy) is 1. The van der Waals surface area contributed by atoms with Crippen molar-refractivity contribution in [2.75, 3.05) is 23.9 Å². The van der Waals surface area contributed by atoms with E-state index < -0.39 is 5.97 Å². The Kier molecular flexibility index (Phi) is 5.80. The monoisotopic (exact) mass is 380 g/mol. The fourth-order valence-electron chi connectivity index (χ4n) is 2.17. The highest BCUT2D eigenvalue weighted by molar-refractivity contribution is 8.16. The van der Waals surface area contributed by atoms with Gasteiger partial charge in [-0.2, -0.15) is 0 Å². The Labute approximate surface area is 152 Å². The Morgan fingerprint density at radius 3 is 2.58 bits per heavy atom. The molecule has 5 nitrogen and oxygen atoms in total. The van der Waals surface area contributed by atoms with Crippen molar-refractivity contribution in [1.82, 2.24) is 4.98 Å². The molecule has 2 heterocycles. The van der Waals surface area contributed by atoms with Crippen LogP contribution in [0.2, 0.25) is 0 Å². The number of methoxy groups -OCH3 is 1. The van der Waals surface area contributed by atoms with Crippen LogP contribution in [0.15, 0.2) is 30.5 Å². The van der Waals surface area contributed by atoms with Gasteiger partial charge in [0.05, 0.1) is 17.9 Å². The van der Waals surface area contributed by atoms with Gasteiger partial charge in [0, 0.05) is 5.56 Å². The number of nitrogens with zero attached hydrogens (tertiary/aromatic N) is 1. The molecule has 1 N–H and O–H groups in total. The standard InChI is InChI=1S/C16H16N2O3S3/c1-21-14(20)12-9-17-16(24-12)18-13(19)10-3-5-11(6-4-10)15-22-7-2-8-23-15/h3-6,9,15H,2,7-8H2,1H3,(H,17,18,19). The van der Waals surface area contributed by atoms with Crippen molar-refractivity contribution in [2.45, 2.75) is 11.0 Å². The average Bonchev–Trinajstić information content (AvgIpc) is 3.10. The van der Waals surface area contributed by atoms with Crippen LogP contribution in [-0.4, -0.2) is 35.5 Å². The maximum Gasteiger partial charge on any atom is 0.349 e. The molecule has 1 aromatic heterocycles. The highest BCUT2D eigenvalue weighted by Gasteiger charge is 2.17. The third-order valence-corrected chi connectivity index (χ3v) is 7.29. The van der Waals surface area contributed by atoms with Gasteiger partial charge in [0.1, 0.15) is 4.88 Å². The van der Waals surface area contributed by atoms with Crippen molar-refractivity contribution >= 4 is 51.9 Å². The highest BCUT2D eigenvalue weighted by Crippen LogP contribution is 2.43. The lowest BCUT2D eigenvalue weighted by atomic mass is 10.1. The van der Waals surface area contributed by atoms with Gasteiger partial charge in [-0.1, -0.05) is 23.5 Å². The molecule has 2 aromatic rings. The molecule has 1 aliphatic heterocycles. The van der Waals surface area contributed by atoms with Crippen molar-refractivity contribution in [3.8, 4) is 0 Å². The Morgan fingerprint density at radius 2 is 1.92 bits per heavy atom. The lowest BCUT2D eigenvalue weighted by Crippen LogP contribution is -2.11. The lowest BCUT2D eigenvalue weighted by Gasteiger charge is -2.21. The summed E-state index contributed by atoms with van der Waals surface area (Å²) in [5.74, 6) is 1.68. The van der Waals surface area contributed by atoms with Gasteiger partial charge in [-0.15, -0.1) is 23.5 Å². The molecule has 1 saturated heterocycles. The molecule has 1 aliphatic rings. The van der Waals surface area contributed by atoms with E-state index in [2.05, 4.69) is 15.0 Å². The molecule has 0 unspecified atom stereocenters. The minimum absolute atomic E-state index is 0.240. The Morgan fingerprint density at radius 1 is 1.21 bits per heavy atom. The molecule has 0 aliphatic carbocycles. The minimum Gasteiger partial charge on any atom is -0.465 e. The second-order valence-corrected chi connectivity index (χ2v) is 8.78. The van der Waals surface area contributed by atoms with Gasteiger partial charge in [0.25, 0.3) is 5.91 Å². The Hall–Kier alpha value is -1.51. The third kappa shape index (κ3) is 4.12. The molecule has 3 rings (SSSR count). The summed E-state index contributed by atoms with van der Waals surface area (Å²) in [4.78, 5) is 28.1. The number of thioether (sulfide) groups is 2. The minimum atomic E-state index is -0.458. The van der Waals surface area contributed by atoms with Crippen molar-refractivity contribution in [1.29, 1.82) is 0 Å². The molecule has 126 valence electrons. The van der Waals surface area contributed by atoms with Crippen LogP contribution in [-0.2, 0) is 4.74 Å². The maximum atomic E-state index is 12.3.